The number of hydrogen-bond donors (Lipinski definition) is 1. The number of rotatable bonds is 2. The molecule has 1 amide bonds. The molecule has 0 saturated carbocycles. The zero-order valence-electron chi connectivity index (χ0n) is 8.40. The van der Waals surface area contributed by atoms with E-state index in [1.54, 1.807) is 24.4 Å². The van der Waals surface area contributed by atoms with E-state index in [4.69, 9.17) is 0 Å². The van der Waals surface area contributed by atoms with E-state index in [0.29, 0.717) is 11.2 Å². The number of aromatic nitrogens is 1. The molecule has 0 aliphatic carbocycles. The van der Waals surface area contributed by atoms with Gasteiger partial charge in [0.05, 0.1) is 11.2 Å². The van der Waals surface area contributed by atoms with Crippen LogP contribution in [0.25, 0.3) is 10.9 Å². The highest BCUT2D eigenvalue weighted by atomic mass is 19.1. The van der Waals surface area contributed by atoms with Crippen molar-refractivity contribution < 1.29 is 9.18 Å². The second kappa shape index (κ2) is 4.10. The van der Waals surface area contributed by atoms with Crippen LogP contribution in [0.1, 0.15) is 0 Å². The van der Waals surface area contributed by atoms with Crippen LogP contribution in [-0.4, -0.2) is 10.9 Å². The van der Waals surface area contributed by atoms with Gasteiger partial charge in [0.1, 0.15) is 0 Å². The van der Waals surface area contributed by atoms with Gasteiger partial charge in [0.15, 0.2) is 5.83 Å². The molecule has 0 radical (unpaired) electrons. The lowest BCUT2D eigenvalue weighted by atomic mass is 10.2. The summed E-state index contributed by atoms with van der Waals surface area (Å²) >= 11 is 0. The maximum atomic E-state index is 12.6. The quantitative estimate of drug-likeness (QED) is 0.784. The van der Waals surface area contributed by atoms with E-state index in [0.717, 1.165) is 5.39 Å². The fourth-order valence-corrected chi connectivity index (χ4v) is 1.40. The van der Waals surface area contributed by atoms with Gasteiger partial charge < -0.3 is 5.32 Å². The highest BCUT2D eigenvalue weighted by Gasteiger charge is 2.08. The Labute approximate surface area is 91.6 Å². The Morgan fingerprint density at radius 2 is 2.06 bits per heavy atom. The van der Waals surface area contributed by atoms with Gasteiger partial charge in [-0.2, -0.15) is 0 Å². The number of para-hydroxylation sites is 1. The molecule has 3 nitrogen and oxygen atoms in total. The van der Waals surface area contributed by atoms with Gasteiger partial charge in [0.25, 0.3) is 5.91 Å². The van der Waals surface area contributed by atoms with Crippen molar-refractivity contribution in [3.8, 4) is 0 Å². The van der Waals surface area contributed by atoms with Gasteiger partial charge in [0, 0.05) is 11.6 Å². The Morgan fingerprint density at radius 3 is 2.81 bits per heavy atom. The van der Waals surface area contributed by atoms with Crippen molar-refractivity contribution in [2.24, 2.45) is 0 Å². The minimum atomic E-state index is -1.02. The minimum absolute atomic E-state index is 0.474. The lowest BCUT2D eigenvalue weighted by molar-refractivity contribution is -0.114. The Hall–Kier alpha value is -2.23. The first-order valence-corrected chi connectivity index (χ1v) is 4.68. The molecular weight excluding hydrogens is 207 g/mol. The van der Waals surface area contributed by atoms with Crippen molar-refractivity contribution in [3.63, 3.8) is 0 Å². The molecule has 4 heteroatoms. The molecule has 1 heterocycles. The van der Waals surface area contributed by atoms with E-state index >= 15 is 0 Å². The lowest BCUT2D eigenvalue weighted by Gasteiger charge is -2.05. The number of nitrogens with zero attached hydrogens (tertiary/aromatic N) is 1. The highest BCUT2D eigenvalue weighted by molar-refractivity contribution is 6.06. The van der Waals surface area contributed by atoms with Crippen molar-refractivity contribution in [2.45, 2.75) is 0 Å². The lowest BCUT2D eigenvalue weighted by Crippen LogP contribution is -2.11. The average molecular weight is 216 g/mol. The molecule has 2 aromatic rings. The maximum absolute atomic E-state index is 12.6. The van der Waals surface area contributed by atoms with Crippen LogP contribution in [0, 0.1) is 0 Å². The first-order chi connectivity index (χ1) is 7.68. The van der Waals surface area contributed by atoms with Crippen molar-refractivity contribution in [2.75, 3.05) is 5.32 Å². The van der Waals surface area contributed by atoms with Gasteiger partial charge in [-0.1, -0.05) is 24.8 Å². The van der Waals surface area contributed by atoms with Crippen LogP contribution in [0.2, 0.25) is 0 Å². The monoisotopic (exact) mass is 216 g/mol. The summed E-state index contributed by atoms with van der Waals surface area (Å²) in [6, 6.07) is 8.95. The molecule has 80 valence electrons. The fraction of sp³-hybridized carbons (Fsp3) is 0. The Bertz CT molecular complexity index is 560. The fourth-order valence-electron chi connectivity index (χ4n) is 1.40. The Kier molecular flexibility index (Phi) is 2.64. The smallest absolute Gasteiger partial charge is 0.283 e. The molecule has 1 aromatic heterocycles. The summed E-state index contributed by atoms with van der Waals surface area (Å²) in [7, 11) is 0. The van der Waals surface area contributed by atoms with Crippen molar-refractivity contribution in [3.05, 3.63) is 48.9 Å². The van der Waals surface area contributed by atoms with E-state index in [1.807, 2.05) is 12.1 Å². The summed E-state index contributed by atoms with van der Waals surface area (Å²) in [5.41, 5.74) is 1.10. The molecule has 0 aliphatic heterocycles. The third-order valence-corrected chi connectivity index (χ3v) is 2.13. The second-order valence-corrected chi connectivity index (χ2v) is 3.24. The van der Waals surface area contributed by atoms with Crippen LogP contribution in [0.3, 0.4) is 0 Å². The summed E-state index contributed by atoms with van der Waals surface area (Å²) in [6.45, 7) is 2.93. The number of halogens is 1. The molecule has 0 saturated heterocycles. The zero-order valence-corrected chi connectivity index (χ0v) is 8.40. The molecule has 2 rings (SSSR count). The number of carbonyl (C=O) groups excluding carboxylic acids is 1. The number of carbonyl (C=O) groups is 1. The molecule has 0 spiro atoms. The van der Waals surface area contributed by atoms with E-state index in [9.17, 15) is 9.18 Å². The number of amides is 1. The van der Waals surface area contributed by atoms with Gasteiger partial charge in [0.2, 0.25) is 0 Å². The van der Waals surface area contributed by atoms with Gasteiger partial charge in [-0.15, -0.1) is 0 Å². The molecule has 0 fully saturated rings. The Morgan fingerprint density at radius 1 is 1.31 bits per heavy atom. The molecule has 16 heavy (non-hydrogen) atoms. The largest absolute Gasteiger partial charge is 0.318 e. The third-order valence-electron chi connectivity index (χ3n) is 2.13. The highest BCUT2D eigenvalue weighted by Crippen LogP contribution is 2.20. The van der Waals surface area contributed by atoms with E-state index < -0.39 is 11.7 Å². The molecule has 0 aliphatic rings. The minimum Gasteiger partial charge on any atom is -0.318 e. The average Bonchev–Trinajstić information content (AvgIpc) is 2.29. The van der Waals surface area contributed by atoms with E-state index in [-0.39, 0.29) is 0 Å². The van der Waals surface area contributed by atoms with Gasteiger partial charge >= 0.3 is 0 Å². The Balaban J connectivity index is 2.45. The molecule has 0 bridgehead atoms. The number of nitrogens with one attached hydrogen (secondary N) is 1. The predicted molar refractivity (Wildman–Crippen MR) is 60.6 cm³/mol. The number of anilines is 1. The van der Waals surface area contributed by atoms with Crippen LogP contribution in [0.4, 0.5) is 10.1 Å². The number of pyridine rings is 1. The summed E-state index contributed by atoms with van der Waals surface area (Å²) in [5.74, 6) is -1.87. The van der Waals surface area contributed by atoms with E-state index in [1.165, 1.54) is 0 Å². The van der Waals surface area contributed by atoms with Crippen LogP contribution in [-0.2, 0) is 4.79 Å². The van der Waals surface area contributed by atoms with Crippen LogP contribution < -0.4 is 5.32 Å². The summed E-state index contributed by atoms with van der Waals surface area (Å²) in [5, 5.41) is 3.29. The second-order valence-electron chi connectivity index (χ2n) is 3.24. The zero-order chi connectivity index (χ0) is 11.5. The normalized spacial score (nSPS) is 10.1. The SMILES string of the molecule is C=C(F)C(=O)Nc1cccc2cccnc12. The van der Waals surface area contributed by atoms with Crippen molar-refractivity contribution >= 4 is 22.5 Å². The van der Waals surface area contributed by atoms with Gasteiger partial charge in [-0.25, -0.2) is 4.39 Å². The summed E-state index contributed by atoms with van der Waals surface area (Å²) in [4.78, 5) is 15.3. The predicted octanol–water partition coefficient (Wildman–Crippen LogP) is 2.66. The maximum Gasteiger partial charge on any atom is 0.283 e. The van der Waals surface area contributed by atoms with Gasteiger partial charge in [-0.05, 0) is 12.1 Å². The van der Waals surface area contributed by atoms with Crippen LogP contribution >= 0.6 is 0 Å². The van der Waals surface area contributed by atoms with Crippen LogP contribution in [0.5, 0.6) is 0 Å². The van der Waals surface area contributed by atoms with Gasteiger partial charge in [-0.3, -0.25) is 9.78 Å². The molecular formula is C12H9FN2O. The standard InChI is InChI=1S/C12H9FN2O/c1-8(13)12(16)15-10-6-2-4-9-5-3-7-14-11(9)10/h2-7H,1H2,(H,15,16). The summed E-state index contributed by atoms with van der Waals surface area (Å²) in [6.07, 6.45) is 1.61. The molecule has 1 N–H and O–H groups in total. The number of benzene rings is 1. The first kappa shape index (κ1) is 10.3. The summed E-state index contributed by atoms with van der Waals surface area (Å²) < 4.78 is 12.6. The van der Waals surface area contributed by atoms with Crippen molar-refractivity contribution in [1.29, 1.82) is 0 Å². The molecule has 1 aromatic carbocycles. The first-order valence-electron chi connectivity index (χ1n) is 4.68. The van der Waals surface area contributed by atoms with Crippen molar-refractivity contribution in [1.82, 2.24) is 4.98 Å². The van der Waals surface area contributed by atoms with Crippen LogP contribution in [0.15, 0.2) is 48.9 Å². The third kappa shape index (κ3) is 1.91. The number of fused-ring (bicyclic) bond motifs is 1. The van der Waals surface area contributed by atoms with E-state index in [2.05, 4.69) is 16.9 Å². The molecule has 0 unspecified atom stereocenters. The molecule has 0 atom stereocenters. The number of hydrogen-bond acceptors (Lipinski definition) is 2. The topological polar surface area (TPSA) is 42.0 Å².